The van der Waals surface area contributed by atoms with Crippen LogP contribution in [0, 0.1) is 5.82 Å². The van der Waals surface area contributed by atoms with Crippen molar-refractivity contribution in [2.45, 2.75) is 46.6 Å². The summed E-state index contributed by atoms with van der Waals surface area (Å²) in [5, 5.41) is 0. The van der Waals surface area contributed by atoms with Gasteiger partial charge < -0.3 is 9.47 Å². The maximum Gasteiger partial charge on any atom is 0.161 e. The molecule has 0 aromatic heterocycles. The van der Waals surface area contributed by atoms with Crippen LogP contribution in [-0.2, 0) is 13.0 Å². The molecule has 0 amide bonds. The number of hydrogen-bond donors (Lipinski definition) is 0. The van der Waals surface area contributed by atoms with Crippen molar-refractivity contribution in [3.05, 3.63) is 59.4 Å². The van der Waals surface area contributed by atoms with Gasteiger partial charge in [-0.2, -0.15) is 0 Å². The van der Waals surface area contributed by atoms with Gasteiger partial charge in [-0.15, -0.1) is 0 Å². The second-order valence-electron chi connectivity index (χ2n) is 5.36. The van der Waals surface area contributed by atoms with Crippen LogP contribution in [0.2, 0.25) is 0 Å². The Morgan fingerprint density at radius 1 is 0.913 bits per heavy atom. The van der Waals surface area contributed by atoms with E-state index < -0.39 is 0 Å². The molecule has 2 rings (SSSR count). The third-order valence-electron chi connectivity index (χ3n) is 3.05. The van der Waals surface area contributed by atoms with Gasteiger partial charge in [0, 0.05) is 0 Å². The number of benzene rings is 2. The van der Waals surface area contributed by atoms with Crippen LogP contribution in [0.5, 0.6) is 11.5 Å². The summed E-state index contributed by atoms with van der Waals surface area (Å²) in [5.74, 6) is 1.14. The molecule has 2 nitrogen and oxygen atoms in total. The SMILES string of the molecule is CCC.CCCc1ccc(OCc2cccc(F)c2)c(OC)c1. The Balaban J connectivity index is 0.000000816. The van der Waals surface area contributed by atoms with Gasteiger partial charge in [0.1, 0.15) is 12.4 Å². The maximum absolute atomic E-state index is 13.1. The molecule has 23 heavy (non-hydrogen) atoms. The molecular formula is C20H27FO2. The second-order valence-corrected chi connectivity index (χ2v) is 5.36. The monoisotopic (exact) mass is 318 g/mol. The van der Waals surface area contributed by atoms with Crippen LogP contribution in [0.4, 0.5) is 4.39 Å². The summed E-state index contributed by atoms with van der Waals surface area (Å²) in [6.07, 6.45) is 3.35. The van der Waals surface area contributed by atoms with Crippen molar-refractivity contribution < 1.29 is 13.9 Å². The lowest BCUT2D eigenvalue weighted by atomic mass is 10.1. The molecule has 2 aromatic carbocycles. The molecular weight excluding hydrogens is 291 g/mol. The first-order valence-electron chi connectivity index (χ1n) is 8.18. The molecule has 0 aliphatic carbocycles. The van der Waals surface area contributed by atoms with Crippen LogP contribution in [-0.4, -0.2) is 7.11 Å². The molecule has 0 spiro atoms. The zero-order valence-electron chi connectivity index (χ0n) is 14.6. The predicted octanol–water partition coefficient (Wildman–Crippen LogP) is 5.78. The number of aryl methyl sites for hydroxylation is 1. The zero-order valence-corrected chi connectivity index (χ0v) is 14.6. The highest BCUT2D eigenvalue weighted by atomic mass is 19.1. The van der Waals surface area contributed by atoms with Gasteiger partial charge in [0.15, 0.2) is 11.5 Å². The van der Waals surface area contributed by atoms with Crippen LogP contribution in [0.25, 0.3) is 0 Å². The second kappa shape index (κ2) is 10.7. The van der Waals surface area contributed by atoms with E-state index in [0.29, 0.717) is 18.1 Å². The van der Waals surface area contributed by atoms with E-state index in [0.717, 1.165) is 18.4 Å². The van der Waals surface area contributed by atoms with Crippen molar-refractivity contribution >= 4 is 0 Å². The van der Waals surface area contributed by atoms with Gasteiger partial charge in [0.2, 0.25) is 0 Å². The number of rotatable bonds is 6. The largest absolute Gasteiger partial charge is 0.493 e. The molecule has 0 unspecified atom stereocenters. The number of halogens is 1. The van der Waals surface area contributed by atoms with E-state index in [2.05, 4.69) is 20.8 Å². The lowest BCUT2D eigenvalue weighted by Crippen LogP contribution is -1.99. The molecule has 0 saturated carbocycles. The highest BCUT2D eigenvalue weighted by Gasteiger charge is 2.06. The fourth-order valence-corrected chi connectivity index (χ4v) is 2.06. The van der Waals surface area contributed by atoms with E-state index in [1.165, 1.54) is 24.1 Å². The molecule has 2 aromatic rings. The van der Waals surface area contributed by atoms with Gasteiger partial charge in [0.05, 0.1) is 7.11 Å². The molecule has 0 aliphatic rings. The normalized spacial score (nSPS) is 9.78. The molecule has 0 bridgehead atoms. The fourth-order valence-electron chi connectivity index (χ4n) is 2.06. The third-order valence-corrected chi connectivity index (χ3v) is 3.05. The van der Waals surface area contributed by atoms with Crippen molar-refractivity contribution in [2.24, 2.45) is 0 Å². The molecule has 0 atom stereocenters. The van der Waals surface area contributed by atoms with Crippen LogP contribution in [0.15, 0.2) is 42.5 Å². The minimum absolute atomic E-state index is 0.253. The average Bonchev–Trinajstić information content (AvgIpc) is 2.54. The lowest BCUT2D eigenvalue weighted by molar-refractivity contribution is 0.284. The number of hydrogen-bond acceptors (Lipinski definition) is 2. The van der Waals surface area contributed by atoms with Crippen molar-refractivity contribution in [3.63, 3.8) is 0 Å². The van der Waals surface area contributed by atoms with Gasteiger partial charge in [-0.05, 0) is 41.8 Å². The molecule has 0 saturated heterocycles. The first-order valence-corrected chi connectivity index (χ1v) is 8.18. The Kier molecular flexibility index (Phi) is 8.81. The minimum Gasteiger partial charge on any atom is -0.493 e. The van der Waals surface area contributed by atoms with Crippen molar-refractivity contribution in [2.75, 3.05) is 7.11 Å². The number of methoxy groups -OCH3 is 1. The summed E-state index contributed by atoms with van der Waals surface area (Å²) >= 11 is 0. The van der Waals surface area contributed by atoms with Crippen molar-refractivity contribution in [1.29, 1.82) is 0 Å². The van der Waals surface area contributed by atoms with Crippen molar-refractivity contribution in [1.82, 2.24) is 0 Å². The summed E-state index contributed by atoms with van der Waals surface area (Å²) in [5.41, 5.74) is 2.02. The summed E-state index contributed by atoms with van der Waals surface area (Å²) in [4.78, 5) is 0. The molecule has 3 heteroatoms. The van der Waals surface area contributed by atoms with E-state index in [9.17, 15) is 4.39 Å². The van der Waals surface area contributed by atoms with Gasteiger partial charge >= 0.3 is 0 Å². The summed E-state index contributed by atoms with van der Waals surface area (Å²) < 4.78 is 24.2. The van der Waals surface area contributed by atoms with Gasteiger partial charge in [-0.3, -0.25) is 0 Å². The molecule has 0 N–H and O–H groups in total. The minimum atomic E-state index is -0.253. The topological polar surface area (TPSA) is 18.5 Å². The lowest BCUT2D eigenvalue weighted by Gasteiger charge is -2.12. The summed E-state index contributed by atoms with van der Waals surface area (Å²) in [6.45, 7) is 6.71. The van der Waals surface area contributed by atoms with E-state index in [-0.39, 0.29) is 5.82 Å². The molecule has 0 heterocycles. The van der Waals surface area contributed by atoms with Crippen LogP contribution in [0.1, 0.15) is 44.7 Å². The highest BCUT2D eigenvalue weighted by molar-refractivity contribution is 5.43. The van der Waals surface area contributed by atoms with Crippen LogP contribution in [0.3, 0.4) is 0 Å². The summed E-state index contributed by atoms with van der Waals surface area (Å²) in [7, 11) is 1.63. The van der Waals surface area contributed by atoms with Gasteiger partial charge in [-0.1, -0.05) is 51.8 Å². The maximum atomic E-state index is 13.1. The van der Waals surface area contributed by atoms with Crippen LogP contribution < -0.4 is 9.47 Å². The van der Waals surface area contributed by atoms with E-state index in [4.69, 9.17) is 9.47 Å². The van der Waals surface area contributed by atoms with Gasteiger partial charge in [-0.25, -0.2) is 4.39 Å². The fraction of sp³-hybridized carbons (Fsp3) is 0.400. The van der Waals surface area contributed by atoms with E-state index in [1.807, 2.05) is 24.3 Å². The Labute approximate surface area is 139 Å². The molecule has 0 fully saturated rings. The standard InChI is InChI=1S/C17H19FO2.C3H8/c1-3-5-13-8-9-16(17(11-13)19-2)20-12-14-6-4-7-15(18)10-14;1-3-2/h4,6-11H,3,5,12H2,1-2H3;3H2,1-2H3. The van der Waals surface area contributed by atoms with Crippen LogP contribution >= 0.6 is 0 Å². The quantitative estimate of drug-likeness (QED) is 0.672. The molecule has 126 valence electrons. The number of ether oxygens (including phenoxy) is 2. The zero-order chi connectivity index (χ0) is 17.1. The Morgan fingerprint density at radius 3 is 2.26 bits per heavy atom. The summed E-state index contributed by atoms with van der Waals surface area (Å²) in [6, 6.07) is 12.3. The Bertz CT molecular complexity index is 582. The van der Waals surface area contributed by atoms with Gasteiger partial charge in [0.25, 0.3) is 0 Å². The highest BCUT2D eigenvalue weighted by Crippen LogP contribution is 2.29. The predicted molar refractivity (Wildman–Crippen MR) is 93.7 cm³/mol. The molecule has 0 aliphatic heterocycles. The van der Waals surface area contributed by atoms with E-state index >= 15 is 0 Å². The third kappa shape index (κ3) is 6.72. The Hall–Kier alpha value is -2.03. The smallest absolute Gasteiger partial charge is 0.161 e. The first kappa shape index (κ1) is 19.0. The Morgan fingerprint density at radius 2 is 1.65 bits per heavy atom. The molecule has 0 radical (unpaired) electrons. The van der Waals surface area contributed by atoms with E-state index in [1.54, 1.807) is 13.2 Å². The van der Waals surface area contributed by atoms with Crippen molar-refractivity contribution in [3.8, 4) is 11.5 Å². The first-order chi connectivity index (χ1) is 11.1. The average molecular weight is 318 g/mol.